The Morgan fingerprint density at radius 1 is 1.12 bits per heavy atom. The Hall–Kier alpha value is -2.99. The number of nitrogens with zero attached hydrogens (tertiary/aromatic N) is 3. The highest BCUT2D eigenvalue weighted by Gasteiger charge is 2.24. The van der Waals surface area contributed by atoms with Gasteiger partial charge in [-0.05, 0) is 25.1 Å². The molecule has 3 heterocycles. The van der Waals surface area contributed by atoms with Gasteiger partial charge >= 0.3 is 6.09 Å². The highest BCUT2D eigenvalue weighted by molar-refractivity contribution is 8.00. The Bertz CT molecular complexity index is 1020. The Morgan fingerprint density at radius 2 is 1.88 bits per heavy atom. The van der Waals surface area contributed by atoms with Crippen molar-refractivity contribution in [2.24, 2.45) is 0 Å². The van der Waals surface area contributed by atoms with Gasteiger partial charge in [0, 0.05) is 37.1 Å². The Morgan fingerprint density at radius 3 is 2.67 bits per heavy atom. The first kappa shape index (κ1) is 23.2. The number of thiazole rings is 1. The molecule has 176 valence electrons. The maximum Gasteiger partial charge on any atom is 0.409 e. The van der Waals surface area contributed by atoms with E-state index in [0.29, 0.717) is 49.4 Å². The summed E-state index contributed by atoms with van der Waals surface area (Å²) in [5, 5.41) is 5.13. The number of ether oxygens (including phenoxy) is 3. The molecule has 0 unspecified atom stereocenters. The zero-order valence-corrected chi connectivity index (χ0v) is 19.7. The van der Waals surface area contributed by atoms with Gasteiger partial charge in [-0.25, -0.2) is 9.78 Å². The number of hydrogen-bond donors (Lipinski definition) is 1. The van der Waals surface area contributed by atoms with Crippen LogP contribution in [0.4, 0.5) is 9.93 Å². The molecule has 0 spiro atoms. The fraction of sp³-hybridized carbons (Fsp3) is 0.429. The van der Waals surface area contributed by atoms with Gasteiger partial charge in [-0.15, -0.1) is 23.1 Å². The van der Waals surface area contributed by atoms with Gasteiger partial charge in [0.1, 0.15) is 0 Å². The number of hydrogen-bond acceptors (Lipinski definition) is 9. The minimum atomic E-state index is -0.348. The van der Waals surface area contributed by atoms with Gasteiger partial charge in [0.25, 0.3) is 0 Å². The van der Waals surface area contributed by atoms with E-state index in [2.05, 4.69) is 10.3 Å². The molecule has 2 aromatic rings. The van der Waals surface area contributed by atoms with Crippen LogP contribution >= 0.6 is 23.1 Å². The first-order valence-electron chi connectivity index (χ1n) is 10.5. The van der Waals surface area contributed by atoms with Crippen LogP contribution in [0.5, 0.6) is 11.5 Å². The predicted octanol–water partition coefficient (Wildman–Crippen LogP) is 2.51. The molecular weight excluding hydrogens is 468 g/mol. The molecule has 3 amide bonds. The highest BCUT2D eigenvalue weighted by Crippen LogP contribution is 2.36. The first-order valence-corrected chi connectivity index (χ1v) is 12.5. The zero-order chi connectivity index (χ0) is 23.2. The second-order valence-corrected chi connectivity index (χ2v) is 9.06. The van der Waals surface area contributed by atoms with Crippen LogP contribution in [0.3, 0.4) is 0 Å². The molecule has 0 aliphatic carbocycles. The normalized spacial score (nSPS) is 14.8. The van der Waals surface area contributed by atoms with Gasteiger partial charge in [0.15, 0.2) is 16.6 Å². The lowest BCUT2D eigenvalue weighted by Gasteiger charge is -2.34. The van der Waals surface area contributed by atoms with E-state index in [0.717, 1.165) is 11.3 Å². The quantitative estimate of drug-likeness (QED) is 0.628. The molecule has 12 heteroatoms. The lowest BCUT2D eigenvalue weighted by molar-refractivity contribution is -0.129. The molecular formula is C21H24N4O6S2. The number of piperazine rings is 1. The van der Waals surface area contributed by atoms with E-state index in [1.807, 2.05) is 23.6 Å². The minimum absolute atomic E-state index is 0.0457. The molecule has 0 atom stereocenters. The molecule has 1 N–H and O–H groups in total. The Balaban J connectivity index is 1.18. The SMILES string of the molecule is CCOC(=O)N1CCN(C(=O)CSCC(=O)Nc2nc(-c3ccc4c(c3)OCO4)cs2)CC1. The van der Waals surface area contributed by atoms with Crippen molar-refractivity contribution in [1.29, 1.82) is 0 Å². The smallest absolute Gasteiger partial charge is 0.409 e. The third-order valence-corrected chi connectivity index (χ3v) is 6.71. The van der Waals surface area contributed by atoms with Crippen LogP contribution in [0, 0.1) is 0 Å². The van der Waals surface area contributed by atoms with E-state index in [1.54, 1.807) is 16.7 Å². The predicted molar refractivity (Wildman–Crippen MR) is 125 cm³/mol. The molecule has 4 rings (SSSR count). The number of amides is 3. The summed E-state index contributed by atoms with van der Waals surface area (Å²) in [6.45, 7) is 4.13. The van der Waals surface area contributed by atoms with Crippen LogP contribution in [-0.4, -0.2) is 83.8 Å². The largest absolute Gasteiger partial charge is 0.454 e. The van der Waals surface area contributed by atoms with E-state index >= 15 is 0 Å². The molecule has 1 fully saturated rings. The maximum absolute atomic E-state index is 12.4. The van der Waals surface area contributed by atoms with Gasteiger partial charge in [0.05, 0.1) is 23.8 Å². The van der Waals surface area contributed by atoms with Crippen LogP contribution in [0.25, 0.3) is 11.3 Å². The number of rotatable bonds is 7. The van der Waals surface area contributed by atoms with Crippen molar-refractivity contribution in [2.75, 3.05) is 56.4 Å². The van der Waals surface area contributed by atoms with Crippen molar-refractivity contribution < 1.29 is 28.6 Å². The monoisotopic (exact) mass is 492 g/mol. The fourth-order valence-corrected chi connectivity index (χ4v) is 4.80. The molecule has 1 aromatic carbocycles. The van der Waals surface area contributed by atoms with Crippen LogP contribution in [0.15, 0.2) is 23.6 Å². The number of thioether (sulfide) groups is 1. The third-order valence-electron chi connectivity index (χ3n) is 5.04. The maximum atomic E-state index is 12.4. The van der Waals surface area contributed by atoms with E-state index < -0.39 is 0 Å². The molecule has 0 bridgehead atoms. The lowest BCUT2D eigenvalue weighted by atomic mass is 10.1. The fourth-order valence-electron chi connectivity index (χ4n) is 3.35. The third kappa shape index (κ3) is 5.88. The van der Waals surface area contributed by atoms with Gasteiger partial charge in [-0.2, -0.15) is 0 Å². The Labute approximate surface area is 199 Å². The summed E-state index contributed by atoms with van der Waals surface area (Å²) in [7, 11) is 0. The van der Waals surface area contributed by atoms with Crippen molar-refractivity contribution >= 4 is 46.1 Å². The molecule has 2 aliphatic rings. The molecule has 10 nitrogen and oxygen atoms in total. The lowest BCUT2D eigenvalue weighted by Crippen LogP contribution is -2.51. The summed E-state index contributed by atoms with van der Waals surface area (Å²) in [6, 6.07) is 5.58. The van der Waals surface area contributed by atoms with Gasteiger partial charge < -0.3 is 29.3 Å². The topological polar surface area (TPSA) is 110 Å². The molecule has 1 aromatic heterocycles. The summed E-state index contributed by atoms with van der Waals surface area (Å²) in [5.41, 5.74) is 1.61. The number of carbonyl (C=O) groups is 3. The number of carbonyl (C=O) groups excluding carboxylic acids is 3. The van der Waals surface area contributed by atoms with Crippen LogP contribution < -0.4 is 14.8 Å². The van der Waals surface area contributed by atoms with Crippen LogP contribution in [0.2, 0.25) is 0 Å². The molecule has 33 heavy (non-hydrogen) atoms. The Kier molecular flexibility index (Phi) is 7.55. The second-order valence-electron chi connectivity index (χ2n) is 7.21. The number of aromatic nitrogens is 1. The minimum Gasteiger partial charge on any atom is -0.454 e. The second kappa shape index (κ2) is 10.8. The zero-order valence-electron chi connectivity index (χ0n) is 18.1. The van der Waals surface area contributed by atoms with Crippen molar-refractivity contribution in [2.45, 2.75) is 6.92 Å². The standard InChI is InChI=1S/C21H24N4O6S2/c1-2-29-21(28)25-7-5-24(6-8-25)19(27)12-32-11-18(26)23-20-22-15(10-33-20)14-3-4-16-17(9-14)31-13-30-16/h3-4,9-10H,2,5-8,11-13H2,1H3,(H,22,23,26). The molecule has 1 saturated heterocycles. The van der Waals surface area contributed by atoms with Crippen molar-refractivity contribution in [3.05, 3.63) is 23.6 Å². The van der Waals surface area contributed by atoms with Crippen molar-refractivity contribution in [1.82, 2.24) is 14.8 Å². The van der Waals surface area contributed by atoms with Crippen LogP contribution in [0.1, 0.15) is 6.92 Å². The van der Waals surface area contributed by atoms with Crippen LogP contribution in [-0.2, 0) is 14.3 Å². The van der Waals surface area contributed by atoms with E-state index in [4.69, 9.17) is 14.2 Å². The van der Waals surface area contributed by atoms with Gasteiger partial charge in [-0.3, -0.25) is 9.59 Å². The van der Waals surface area contributed by atoms with E-state index in [1.165, 1.54) is 23.1 Å². The molecule has 0 saturated carbocycles. The van der Waals surface area contributed by atoms with E-state index in [9.17, 15) is 14.4 Å². The number of benzene rings is 1. The summed E-state index contributed by atoms with van der Waals surface area (Å²) in [4.78, 5) is 44.2. The first-order chi connectivity index (χ1) is 16.0. The van der Waals surface area contributed by atoms with E-state index in [-0.39, 0.29) is 36.2 Å². The van der Waals surface area contributed by atoms with Gasteiger partial charge in [-0.1, -0.05) is 0 Å². The van der Waals surface area contributed by atoms with Crippen molar-refractivity contribution in [3.8, 4) is 22.8 Å². The van der Waals surface area contributed by atoms with Crippen molar-refractivity contribution in [3.63, 3.8) is 0 Å². The summed E-state index contributed by atoms with van der Waals surface area (Å²) >= 11 is 2.58. The average Bonchev–Trinajstić information content (AvgIpc) is 3.48. The molecule has 0 radical (unpaired) electrons. The number of fused-ring (bicyclic) bond motifs is 1. The summed E-state index contributed by atoms with van der Waals surface area (Å²) < 4.78 is 15.7. The summed E-state index contributed by atoms with van der Waals surface area (Å²) in [5.74, 6) is 1.47. The summed E-state index contributed by atoms with van der Waals surface area (Å²) in [6.07, 6.45) is -0.348. The number of nitrogens with one attached hydrogen (secondary N) is 1. The number of anilines is 1. The average molecular weight is 493 g/mol. The molecule has 2 aliphatic heterocycles. The highest BCUT2D eigenvalue weighted by atomic mass is 32.2. The van der Waals surface area contributed by atoms with Gasteiger partial charge in [0.2, 0.25) is 18.6 Å².